The molecule has 4 N–H and O–H groups in total. The number of pyridine rings is 1. The van der Waals surface area contributed by atoms with E-state index in [2.05, 4.69) is 15.0 Å². The summed E-state index contributed by atoms with van der Waals surface area (Å²) in [5.74, 6) is -3.24. The van der Waals surface area contributed by atoms with Crippen LogP contribution in [0, 0.1) is 0 Å². The lowest BCUT2D eigenvalue weighted by Crippen LogP contribution is -2.62. The number of rotatable bonds is 10. The predicted octanol–water partition coefficient (Wildman–Crippen LogP) is 5.91. The monoisotopic (exact) mass is 725 g/mol. The van der Waals surface area contributed by atoms with Gasteiger partial charge in [0.2, 0.25) is 0 Å². The number of nitrogens with two attached hydrogens (primary N) is 1. The molecular formula is C30H28F9N5O6. The Morgan fingerprint density at radius 1 is 0.980 bits per heavy atom. The number of aliphatic carboxylic acids is 1. The number of amides is 1. The third-order valence-corrected chi connectivity index (χ3v) is 7.63. The molecule has 1 aromatic carbocycles. The van der Waals surface area contributed by atoms with Crippen molar-refractivity contribution >= 4 is 17.7 Å². The van der Waals surface area contributed by atoms with Gasteiger partial charge >= 0.3 is 30.6 Å². The van der Waals surface area contributed by atoms with Crippen LogP contribution in [0.15, 0.2) is 36.5 Å². The summed E-state index contributed by atoms with van der Waals surface area (Å²) in [4.78, 5) is 37.1. The zero-order valence-corrected chi connectivity index (χ0v) is 25.8. The first-order valence-electron chi connectivity index (χ1n) is 14.6. The highest BCUT2D eigenvalue weighted by molar-refractivity contribution is 5.91. The van der Waals surface area contributed by atoms with Crippen molar-refractivity contribution in [1.29, 1.82) is 0 Å². The van der Waals surface area contributed by atoms with E-state index >= 15 is 0 Å². The second kappa shape index (κ2) is 14.3. The number of aliphatic hydroxyl groups excluding tert-OH is 1. The number of fused-ring (bicyclic) bond motifs is 1. The zero-order chi connectivity index (χ0) is 37.2. The summed E-state index contributed by atoms with van der Waals surface area (Å²) >= 11 is 0. The minimum atomic E-state index is -5.16. The Balaban J connectivity index is 1.89. The van der Waals surface area contributed by atoms with E-state index in [0.29, 0.717) is 18.2 Å². The quantitative estimate of drug-likeness (QED) is 0.215. The van der Waals surface area contributed by atoms with Crippen molar-refractivity contribution < 1.29 is 68.8 Å². The third-order valence-electron chi connectivity index (χ3n) is 7.63. The fourth-order valence-corrected chi connectivity index (χ4v) is 5.25. The molecule has 20 heteroatoms. The van der Waals surface area contributed by atoms with Gasteiger partial charge in [0.1, 0.15) is 30.4 Å². The number of hydrogen-bond donors (Lipinski definition) is 3. The number of halogens is 9. The van der Waals surface area contributed by atoms with E-state index in [-0.39, 0.29) is 35.4 Å². The molecule has 1 amide bonds. The van der Waals surface area contributed by atoms with E-state index in [1.165, 1.54) is 6.92 Å². The van der Waals surface area contributed by atoms with Crippen LogP contribution in [0.3, 0.4) is 0 Å². The first-order chi connectivity index (χ1) is 23.2. The molecule has 0 radical (unpaired) electrons. The number of nitrogens with zero attached hydrogens (tertiary/aromatic N) is 4. The Bertz CT molecular complexity index is 1700. The van der Waals surface area contributed by atoms with Gasteiger partial charge in [0.05, 0.1) is 53.3 Å². The molecule has 2 aromatic heterocycles. The van der Waals surface area contributed by atoms with Crippen LogP contribution in [-0.4, -0.2) is 62.7 Å². The third kappa shape index (κ3) is 8.52. The molecule has 0 saturated heterocycles. The largest absolute Gasteiger partial charge is 0.488 e. The van der Waals surface area contributed by atoms with E-state index in [9.17, 15) is 54.2 Å². The van der Waals surface area contributed by atoms with Crippen molar-refractivity contribution in [2.24, 2.45) is 5.73 Å². The molecule has 0 saturated carbocycles. The van der Waals surface area contributed by atoms with Gasteiger partial charge in [-0.2, -0.15) is 39.5 Å². The van der Waals surface area contributed by atoms with Crippen LogP contribution in [0.5, 0.6) is 5.75 Å². The van der Waals surface area contributed by atoms with Crippen LogP contribution in [-0.2, 0) is 34.5 Å². The summed E-state index contributed by atoms with van der Waals surface area (Å²) in [6.45, 7) is -0.0327. The second-order valence-electron chi connectivity index (χ2n) is 11.1. The zero-order valence-electron chi connectivity index (χ0n) is 25.8. The minimum absolute atomic E-state index is 0.0625. The Labute approximate surface area is 276 Å². The highest BCUT2D eigenvalue weighted by Crippen LogP contribution is 2.46. The Kier molecular flexibility index (Phi) is 10.9. The summed E-state index contributed by atoms with van der Waals surface area (Å²) < 4.78 is 133. The lowest BCUT2D eigenvalue weighted by molar-refractivity contribution is -0.143. The number of carbonyl (C=O) groups excluding carboxylic acids is 1. The summed E-state index contributed by atoms with van der Waals surface area (Å²) in [5, 5.41) is 18.2. The van der Waals surface area contributed by atoms with Gasteiger partial charge in [-0.25, -0.2) is 19.7 Å². The number of hydrogen-bond acceptors (Lipinski definition) is 9. The molecule has 3 aromatic rings. The molecule has 272 valence electrons. The molecule has 0 spiro atoms. The molecule has 2 atom stereocenters. The topological polar surface area (TPSA) is 161 Å². The van der Waals surface area contributed by atoms with Gasteiger partial charge in [-0.3, -0.25) is 9.69 Å². The van der Waals surface area contributed by atoms with Gasteiger partial charge in [0.25, 0.3) is 0 Å². The molecule has 0 aliphatic carbocycles. The minimum Gasteiger partial charge on any atom is -0.488 e. The van der Waals surface area contributed by atoms with Gasteiger partial charge in [0.15, 0.2) is 5.75 Å². The van der Waals surface area contributed by atoms with Gasteiger partial charge in [-0.15, -0.1) is 0 Å². The summed E-state index contributed by atoms with van der Waals surface area (Å²) in [6, 6.07) is 2.34. The van der Waals surface area contributed by atoms with Crippen LogP contribution >= 0.6 is 0 Å². The average Bonchev–Trinajstić information content (AvgIpc) is 3.02. The molecule has 11 nitrogen and oxygen atoms in total. The molecule has 0 bridgehead atoms. The highest BCUT2D eigenvalue weighted by Gasteiger charge is 2.48. The maximum atomic E-state index is 13.8. The van der Waals surface area contributed by atoms with E-state index in [4.69, 9.17) is 20.3 Å². The Hall–Kier alpha value is -4.72. The molecule has 50 heavy (non-hydrogen) atoms. The first kappa shape index (κ1) is 38.1. The van der Waals surface area contributed by atoms with Crippen LogP contribution in [0.1, 0.15) is 71.7 Å². The van der Waals surface area contributed by atoms with Crippen LogP contribution in [0.2, 0.25) is 0 Å². The Morgan fingerprint density at radius 3 is 2.16 bits per heavy atom. The van der Waals surface area contributed by atoms with Gasteiger partial charge in [0, 0.05) is 6.42 Å². The molecule has 0 fully saturated rings. The predicted molar refractivity (Wildman–Crippen MR) is 153 cm³/mol. The SMILES string of the molecule is CC[C@]1(N)C[C@H](c2ncc(OCCO)c(Cc3cc(C(F)(F)F)cc(C(F)(F)F)c3)n2)c2nc(C(F)(F)F)ccc2N1C(=O)OCCC(=O)O. The summed E-state index contributed by atoms with van der Waals surface area (Å²) in [6.07, 6.45) is -17.3. The van der Waals surface area contributed by atoms with E-state index < -0.39 is 109 Å². The number of ether oxygens (including phenoxy) is 2. The number of aromatic nitrogens is 3. The van der Waals surface area contributed by atoms with E-state index in [1.54, 1.807) is 0 Å². The van der Waals surface area contributed by atoms with Crippen molar-refractivity contribution in [3.8, 4) is 5.75 Å². The van der Waals surface area contributed by atoms with Gasteiger partial charge in [-0.05, 0) is 48.7 Å². The molecule has 1 aliphatic heterocycles. The van der Waals surface area contributed by atoms with Gasteiger partial charge in [-0.1, -0.05) is 6.92 Å². The Morgan fingerprint density at radius 2 is 1.62 bits per heavy atom. The van der Waals surface area contributed by atoms with Crippen molar-refractivity contribution in [2.45, 2.75) is 62.7 Å². The van der Waals surface area contributed by atoms with Crippen molar-refractivity contribution in [3.63, 3.8) is 0 Å². The maximum absolute atomic E-state index is 13.8. The van der Waals surface area contributed by atoms with E-state index in [0.717, 1.165) is 17.2 Å². The molecule has 1 aliphatic rings. The number of carboxylic acids is 1. The fourth-order valence-electron chi connectivity index (χ4n) is 5.25. The number of carboxylic acid groups (broad SMARTS) is 1. The highest BCUT2D eigenvalue weighted by atomic mass is 19.4. The van der Waals surface area contributed by atoms with Gasteiger partial charge < -0.3 is 25.4 Å². The lowest BCUT2D eigenvalue weighted by Gasteiger charge is -2.46. The molecular weight excluding hydrogens is 697 g/mol. The lowest BCUT2D eigenvalue weighted by atomic mass is 9.83. The second-order valence-corrected chi connectivity index (χ2v) is 11.1. The number of aliphatic hydroxyl groups is 1. The van der Waals surface area contributed by atoms with Crippen molar-refractivity contribution in [1.82, 2.24) is 15.0 Å². The van der Waals surface area contributed by atoms with E-state index in [1.807, 2.05) is 0 Å². The van der Waals surface area contributed by atoms with Crippen LogP contribution in [0.4, 0.5) is 50.0 Å². The average molecular weight is 726 g/mol. The van der Waals surface area contributed by atoms with Crippen molar-refractivity contribution in [2.75, 3.05) is 24.7 Å². The summed E-state index contributed by atoms with van der Waals surface area (Å²) in [5.41, 5.74) is -1.25. The standard InChI is InChI=1S/C30H28F9N5O6/c1-2-27(40)13-18(24-20(3-4-22(43-24)30(37,38)39)44(27)26(48)50-7-5-23(46)47)25-41-14-21(49-8-6-45)19(42-25)11-15-9-16(28(31,32)33)12-17(10-15)29(34,35)36/h3-4,9-10,12,14,18,45H,2,5-8,11,13,40H2,1H3,(H,46,47)/t18-,27+/m0/s1. The van der Waals surface area contributed by atoms with Crippen LogP contribution < -0.4 is 15.4 Å². The number of anilines is 1. The number of alkyl halides is 9. The molecule has 4 rings (SSSR count). The van der Waals surface area contributed by atoms with Crippen molar-refractivity contribution in [3.05, 3.63) is 76.1 Å². The summed E-state index contributed by atoms with van der Waals surface area (Å²) in [7, 11) is 0. The first-order valence-corrected chi connectivity index (χ1v) is 14.6. The number of carbonyl (C=O) groups is 2. The molecule has 0 unspecified atom stereocenters. The maximum Gasteiger partial charge on any atom is 0.433 e. The fraction of sp³-hybridized carbons (Fsp3) is 0.433. The normalized spacial score (nSPS) is 18.1. The smallest absolute Gasteiger partial charge is 0.433 e. The molecule has 3 heterocycles. The number of benzene rings is 1. The van der Waals surface area contributed by atoms with Crippen LogP contribution in [0.25, 0.3) is 0 Å².